The lowest BCUT2D eigenvalue weighted by Crippen LogP contribution is -2.01. The number of aromatic nitrogens is 1. The Bertz CT molecular complexity index is 785. The van der Waals surface area contributed by atoms with E-state index in [4.69, 9.17) is 9.84 Å². The molecule has 1 aromatic carbocycles. The Balaban J connectivity index is 2.09. The minimum absolute atomic E-state index is 0.0582. The molecule has 0 radical (unpaired) electrons. The molecule has 25 heavy (non-hydrogen) atoms. The SMILES string of the molecule is CCCCOc1ccc(/C=C/C(=O)c2c(C)[nH]c(C(=O)O)c2C)cc1. The van der Waals surface area contributed by atoms with Gasteiger partial charge in [0.1, 0.15) is 11.4 Å². The van der Waals surface area contributed by atoms with E-state index in [9.17, 15) is 9.59 Å². The number of aromatic carboxylic acids is 1. The molecule has 0 bridgehead atoms. The number of rotatable bonds is 8. The van der Waals surface area contributed by atoms with Gasteiger partial charge >= 0.3 is 5.97 Å². The number of ether oxygens (including phenoxy) is 1. The van der Waals surface area contributed by atoms with Gasteiger partial charge in [0.25, 0.3) is 0 Å². The first-order valence-corrected chi connectivity index (χ1v) is 8.31. The highest BCUT2D eigenvalue weighted by Gasteiger charge is 2.19. The Labute approximate surface area is 147 Å². The zero-order valence-corrected chi connectivity index (χ0v) is 14.8. The van der Waals surface area contributed by atoms with E-state index >= 15 is 0 Å². The van der Waals surface area contributed by atoms with Crippen LogP contribution in [0.5, 0.6) is 5.75 Å². The van der Waals surface area contributed by atoms with E-state index in [1.807, 2.05) is 24.3 Å². The highest BCUT2D eigenvalue weighted by Crippen LogP contribution is 2.20. The summed E-state index contributed by atoms with van der Waals surface area (Å²) in [6, 6.07) is 7.50. The number of H-pyrrole nitrogens is 1. The lowest BCUT2D eigenvalue weighted by Gasteiger charge is -2.05. The van der Waals surface area contributed by atoms with E-state index in [2.05, 4.69) is 11.9 Å². The highest BCUT2D eigenvalue weighted by molar-refractivity contribution is 6.10. The van der Waals surface area contributed by atoms with Gasteiger partial charge in [0.05, 0.1) is 6.61 Å². The molecule has 0 aliphatic rings. The van der Waals surface area contributed by atoms with Crippen LogP contribution in [0.25, 0.3) is 6.08 Å². The van der Waals surface area contributed by atoms with Crippen molar-refractivity contribution in [3.63, 3.8) is 0 Å². The van der Waals surface area contributed by atoms with Crippen molar-refractivity contribution in [1.29, 1.82) is 0 Å². The number of nitrogens with one attached hydrogen (secondary N) is 1. The number of ketones is 1. The van der Waals surface area contributed by atoms with Crippen molar-refractivity contribution in [2.24, 2.45) is 0 Å². The molecule has 5 nitrogen and oxygen atoms in total. The number of benzene rings is 1. The molecule has 0 saturated carbocycles. The molecular formula is C20H23NO4. The van der Waals surface area contributed by atoms with Crippen molar-refractivity contribution >= 4 is 17.8 Å². The quantitative estimate of drug-likeness (QED) is 0.423. The summed E-state index contributed by atoms with van der Waals surface area (Å²) in [6.07, 6.45) is 5.28. The van der Waals surface area contributed by atoms with Gasteiger partial charge in [-0.15, -0.1) is 0 Å². The molecule has 0 aliphatic carbocycles. The third-order valence-electron chi connectivity index (χ3n) is 3.97. The van der Waals surface area contributed by atoms with Crippen LogP contribution in [-0.2, 0) is 0 Å². The van der Waals surface area contributed by atoms with Crippen LogP contribution in [-0.4, -0.2) is 28.4 Å². The first-order chi connectivity index (χ1) is 11.9. The van der Waals surface area contributed by atoms with Gasteiger partial charge in [-0.2, -0.15) is 0 Å². The molecule has 1 heterocycles. The van der Waals surface area contributed by atoms with Crippen LogP contribution in [0.1, 0.15) is 57.4 Å². The number of aryl methyl sites for hydroxylation is 1. The second-order valence-electron chi connectivity index (χ2n) is 5.90. The Hall–Kier alpha value is -2.82. The lowest BCUT2D eigenvalue weighted by molar-refractivity contribution is 0.0690. The van der Waals surface area contributed by atoms with E-state index in [1.165, 1.54) is 6.08 Å². The molecule has 5 heteroatoms. The van der Waals surface area contributed by atoms with E-state index in [0.29, 0.717) is 23.4 Å². The maximum absolute atomic E-state index is 12.4. The van der Waals surface area contributed by atoms with E-state index in [1.54, 1.807) is 19.9 Å². The number of allylic oxidation sites excluding steroid dienone is 1. The van der Waals surface area contributed by atoms with E-state index < -0.39 is 5.97 Å². The summed E-state index contributed by atoms with van der Waals surface area (Å²) in [6.45, 7) is 6.14. The zero-order valence-electron chi connectivity index (χ0n) is 14.8. The van der Waals surface area contributed by atoms with Crippen molar-refractivity contribution in [2.75, 3.05) is 6.61 Å². The third-order valence-corrected chi connectivity index (χ3v) is 3.97. The standard InChI is InChI=1S/C20H23NO4/c1-4-5-12-25-16-9-6-15(7-10-16)8-11-17(22)18-13(2)19(20(23)24)21-14(18)3/h6-11,21H,4-5,12H2,1-3H3,(H,23,24)/b11-8+. The van der Waals surface area contributed by atoms with Gasteiger partial charge in [0.15, 0.2) is 5.78 Å². The smallest absolute Gasteiger partial charge is 0.352 e. The molecule has 0 amide bonds. The maximum Gasteiger partial charge on any atom is 0.352 e. The van der Waals surface area contributed by atoms with E-state index in [0.717, 1.165) is 24.2 Å². The number of unbranched alkanes of at least 4 members (excludes halogenated alkanes) is 1. The average molecular weight is 341 g/mol. The summed E-state index contributed by atoms with van der Waals surface area (Å²) in [5.41, 5.74) is 2.36. The molecule has 2 N–H and O–H groups in total. The normalized spacial score (nSPS) is 11.0. The summed E-state index contributed by atoms with van der Waals surface area (Å²) < 4.78 is 5.60. The van der Waals surface area contributed by atoms with Crippen LogP contribution >= 0.6 is 0 Å². The maximum atomic E-state index is 12.4. The predicted molar refractivity (Wildman–Crippen MR) is 97.4 cm³/mol. The van der Waals surface area contributed by atoms with Crippen molar-refractivity contribution in [1.82, 2.24) is 4.98 Å². The van der Waals surface area contributed by atoms with Gasteiger partial charge in [0, 0.05) is 11.3 Å². The van der Waals surface area contributed by atoms with Crippen LogP contribution in [0, 0.1) is 13.8 Å². The molecule has 0 aliphatic heterocycles. The zero-order chi connectivity index (χ0) is 18.4. The number of carbonyl (C=O) groups excluding carboxylic acids is 1. The molecule has 0 saturated heterocycles. The molecule has 1 aromatic heterocycles. The summed E-state index contributed by atoms with van der Waals surface area (Å²) in [4.78, 5) is 26.3. The second kappa shape index (κ2) is 8.33. The summed E-state index contributed by atoms with van der Waals surface area (Å²) >= 11 is 0. The number of hydrogen-bond acceptors (Lipinski definition) is 3. The Morgan fingerprint density at radius 3 is 2.44 bits per heavy atom. The Morgan fingerprint density at radius 2 is 1.88 bits per heavy atom. The minimum Gasteiger partial charge on any atom is -0.494 e. The highest BCUT2D eigenvalue weighted by atomic mass is 16.5. The molecule has 2 rings (SSSR count). The molecule has 132 valence electrons. The lowest BCUT2D eigenvalue weighted by atomic mass is 10.0. The number of hydrogen-bond donors (Lipinski definition) is 2. The van der Waals surface area contributed by atoms with Gasteiger partial charge in [-0.3, -0.25) is 4.79 Å². The molecule has 0 atom stereocenters. The van der Waals surface area contributed by atoms with E-state index in [-0.39, 0.29) is 11.5 Å². The van der Waals surface area contributed by atoms with Crippen molar-refractivity contribution in [3.8, 4) is 5.75 Å². The largest absolute Gasteiger partial charge is 0.494 e. The molecule has 0 fully saturated rings. The van der Waals surface area contributed by atoms with Crippen molar-refractivity contribution < 1.29 is 19.4 Å². The molecule has 2 aromatic rings. The second-order valence-corrected chi connectivity index (χ2v) is 5.90. The fourth-order valence-corrected chi connectivity index (χ4v) is 2.60. The van der Waals surface area contributed by atoms with Gasteiger partial charge in [0.2, 0.25) is 0 Å². The number of carboxylic acids is 1. The first-order valence-electron chi connectivity index (χ1n) is 8.31. The average Bonchev–Trinajstić information content (AvgIpc) is 2.89. The third kappa shape index (κ3) is 4.59. The Kier molecular flexibility index (Phi) is 6.17. The van der Waals surface area contributed by atoms with Crippen LogP contribution in [0.2, 0.25) is 0 Å². The topological polar surface area (TPSA) is 79.4 Å². The van der Waals surface area contributed by atoms with Gasteiger partial charge in [-0.25, -0.2) is 4.79 Å². The number of carboxylic acid groups (broad SMARTS) is 1. The van der Waals surface area contributed by atoms with Crippen LogP contribution < -0.4 is 4.74 Å². The van der Waals surface area contributed by atoms with Crippen molar-refractivity contribution in [3.05, 3.63) is 58.4 Å². The minimum atomic E-state index is -1.07. The fourth-order valence-electron chi connectivity index (χ4n) is 2.60. The van der Waals surface area contributed by atoms with Crippen LogP contribution in [0.15, 0.2) is 30.3 Å². The number of carbonyl (C=O) groups is 2. The molecule has 0 unspecified atom stereocenters. The summed E-state index contributed by atoms with van der Waals surface area (Å²) in [5.74, 6) is -0.482. The molecule has 0 spiro atoms. The van der Waals surface area contributed by atoms with Crippen LogP contribution in [0.4, 0.5) is 0 Å². The molecular weight excluding hydrogens is 318 g/mol. The fraction of sp³-hybridized carbons (Fsp3) is 0.300. The monoisotopic (exact) mass is 341 g/mol. The van der Waals surface area contributed by atoms with Gasteiger partial charge in [-0.1, -0.05) is 31.6 Å². The number of aromatic amines is 1. The van der Waals surface area contributed by atoms with Crippen LogP contribution in [0.3, 0.4) is 0 Å². The predicted octanol–water partition coefficient (Wildman–Crippen LogP) is 4.40. The summed E-state index contributed by atoms with van der Waals surface area (Å²) in [5, 5.41) is 9.12. The van der Waals surface area contributed by atoms with Gasteiger partial charge < -0.3 is 14.8 Å². The van der Waals surface area contributed by atoms with Crippen molar-refractivity contribution in [2.45, 2.75) is 33.6 Å². The first kappa shape index (κ1) is 18.5. The van der Waals surface area contributed by atoms with Gasteiger partial charge in [-0.05, 0) is 49.6 Å². The summed E-state index contributed by atoms with van der Waals surface area (Å²) in [7, 11) is 0. The Morgan fingerprint density at radius 1 is 1.20 bits per heavy atom.